The number of hydrogen-bond acceptors (Lipinski definition) is 1. The van der Waals surface area contributed by atoms with Crippen LogP contribution in [0.25, 0.3) is 0 Å². The highest BCUT2D eigenvalue weighted by atomic mass is 35.5. The third kappa shape index (κ3) is 2.02. The molecular weight excluding hydrogens is 172 g/mol. The fourth-order valence-electron chi connectivity index (χ4n) is 0.936. The van der Waals surface area contributed by atoms with Crippen molar-refractivity contribution in [2.24, 2.45) is 0 Å². The molecule has 0 amide bonds. The molecule has 0 saturated carbocycles. The molecule has 1 aromatic rings. The van der Waals surface area contributed by atoms with Crippen LogP contribution in [0.4, 0.5) is 0 Å². The van der Waals surface area contributed by atoms with Gasteiger partial charge in [0.05, 0.1) is 23.5 Å². The van der Waals surface area contributed by atoms with Gasteiger partial charge in [-0.2, -0.15) is 5.10 Å². The maximum Gasteiger partial charge on any atom is 0.0814 e. The Morgan fingerprint density at radius 2 is 2.42 bits per heavy atom. The van der Waals surface area contributed by atoms with E-state index in [1.54, 1.807) is 6.20 Å². The molecule has 2 nitrogen and oxygen atoms in total. The Bertz CT molecular complexity index is 317. The molecule has 3 heteroatoms. The molecule has 1 aromatic heterocycles. The van der Waals surface area contributed by atoms with Crippen LogP contribution in [0.15, 0.2) is 6.20 Å². The highest BCUT2D eigenvalue weighted by Gasteiger charge is 2.01. The number of aromatic nitrogens is 2. The summed E-state index contributed by atoms with van der Waals surface area (Å²) in [6, 6.07) is 0. The van der Waals surface area contributed by atoms with Crippen molar-refractivity contribution in [3.8, 4) is 11.8 Å². The smallest absolute Gasteiger partial charge is 0.0814 e. The average molecular weight is 183 g/mol. The maximum absolute atomic E-state index is 5.82. The van der Waals surface area contributed by atoms with Crippen LogP contribution in [0.3, 0.4) is 0 Å². The fraction of sp³-hybridized carbons (Fsp3) is 0.444. The minimum atomic E-state index is 0.722. The van der Waals surface area contributed by atoms with Crippen LogP contribution in [-0.2, 0) is 6.54 Å². The number of halogens is 1. The van der Waals surface area contributed by atoms with Crippen molar-refractivity contribution in [3.05, 3.63) is 16.9 Å². The van der Waals surface area contributed by atoms with Crippen molar-refractivity contribution in [2.45, 2.75) is 26.8 Å². The topological polar surface area (TPSA) is 17.8 Å². The highest BCUT2D eigenvalue weighted by Crippen LogP contribution is 2.12. The van der Waals surface area contributed by atoms with Gasteiger partial charge in [0.15, 0.2) is 0 Å². The van der Waals surface area contributed by atoms with Crippen molar-refractivity contribution < 1.29 is 0 Å². The maximum atomic E-state index is 5.82. The largest absolute Gasteiger partial charge is 0.267 e. The standard InChI is InChI=1S/C9H11ClN2/c1-3-4-5-6-12-8(2)9(10)7-11-12/h7H,5-6H2,1-2H3. The summed E-state index contributed by atoms with van der Waals surface area (Å²) in [6.07, 6.45) is 2.49. The molecule has 0 bridgehead atoms. The van der Waals surface area contributed by atoms with Crippen molar-refractivity contribution >= 4 is 11.6 Å². The van der Waals surface area contributed by atoms with Gasteiger partial charge in [0.25, 0.3) is 0 Å². The predicted molar refractivity (Wildman–Crippen MR) is 50.0 cm³/mol. The summed E-state index contributed by atoms with van der Waals surface area (Å²) >= 11 is 5.82. The molecule has 0 aliphatic rings. The molecule has 0 aliphatic carbocycles. The van der Waals surface area contributed by atoms with Gasteiger partial charge in [0.1, 0.15) is 0 Å². The quantitative estimate of drug-likeness (QED) is 0.642. The zero-order valence-corrected chi connectivity index (χ0v) is 8.02. The van der Waals surface area contributed by atoms with Gasteiger partial charge in [-0.15, -0.1) is 11.8 Å². The van der Waals surface area contributed by atoms with Crippen molar-refractivity contribution in [1.29, 1.82) is 0 Å². The van der Waals surface area contributed by atoms with E-state index in [1.807, 2.05) is 18.5 Å². The average Bonchev–Trinajstić information content (AvgIpc) is 2.36. The summed E-state index contributed by atoms with van der Waals surface area (Å²) in [6.45, 7) is 4.61. The fourth-order valence-corrected chi connectivity index (χ4v) is 1.08. The molecule has 12 heavy (non-hydrogen) atoms. The summed E-state index contributed by atoms with van der Waals surface area (Å²) in [4.78, 5) is 0. The van der Waals surface area contributed by atoms with Gasteiger partial charge in [0.2, 0.25) is 0 Å². The van der Waals surface area contributed by atoms with Gasteiger partial charge >= 0.3 is 0 Å². The Morgan fingerprint density at radius 1 is 1.67 bits per heavy atom. The lowest BCUT2D eigenvalue weighted by Gasteiger charge is -1.99. The molecule has 0 aliphatic heterocycles. The van der Waals surface area contributed by atoms with E-state index in [0.717, 1.165) is 23.7 Å². The number of rotatable bonds is 2. The SMILES string of the molecule is CC#CCCn1ncc(Cl)c1C. The van der Waals surface area contributed by atoms with Crippen LogP contribution in [0.5, 0.6) is 0 Å². The van der Waals surface area contributed by atoms with E-state index < -0.39 is 0 Å². The molecule has 0 N–H and O–H groups in total. The summed E-state index contributed by atoms with van der Waals surface area (Å²) < 4.78 is 1.87. The first-order valence-electron chi connectivity index (χ1n) is 3.83. The highest BCUT2D eigenvalue weighted by molar-refractivity contribution is 6.31. The van der Waals surface area contributed by atoms with E-state index in [9.17, 15) is 0 Å². The zero-order chi connectivity index (χ0) is 8.97. The summed E-state index contributed by atoms with van der Waals surface area (Å²) in [5.74, 6) is 5.82. The van der Waals surface area contributed by atoms with Crippen molar-refractivity contribution in [2.75, 3.05) is 0 Å². The van der Waals surface area contributed by atoms with Crippen LogP contribution in [0.1, 0.15) is 19.0 Å². The van der Waals surface area contributed by atoms with Crippen LogP contribution in [-0.4, -0.2) is 9.78 Å². The molecule has 0 aromatic carbocycles. The molecule has 0 saturated heterocycles. The first kappa shape index (κ1) is 9.15. The second kappa shape index (κ2) is 4.18. The van der Waals surface area contributed by atoms with Gasteiger partial charge in [-0.1, -0.05) is 11.6 Å². The molecule has 0 atom stereocenters. The molecule has 1 heterocycles. The second-order valence-corrected chi connectivity index (χ2v) is 2.89. The third-order valence-corrected chi connectivity index (χ3v) is 2.04. The minimum absolute atomic E-state index is 0.722. The first-order valence-corrected chi connectivity index (χ1v) is 4.21. The van der Waals surface area contributed by atoms with E-state index in [4.69, 9.17) is 11.6 Å². The van der Waals surface area contributed by atoms with Crippen LogP contribution in [0.2, 0.25) is 5.02 Å². The van der Waals surface area contributed by atoms with Crippen molar-refractivity contribution in [3.63, 3.8) is 0 Å². The van der Waals surface area contributed by atoms with Gasteiger partial charge < -0.3 is 0 Å². The van der Waals surface area contributed by atoms with Gasteiger partial charge in [0, 0.05) is 6.42 Å². The van der Waals surface area contributed by atoms with Gasteiger partial charge in [-0.3, -0.25) is 4.68 Å². The second-order valence-electron chi connectivity index (χ2n) is 2.48. The van der Waals surface area contributed by atoms with Gasteiger partial charge in [-0.25, -0.2) is 0 Å². The lowest BCUT2D eigenvalue weighted by atomic mass is 10.4. The monoisotopic (exact) mass is 182 g/mol. The van der Waals surface area contributed by atoms with E-state index in [0.29, 0.717) is 0 Å². The van der Waals surface area contributed by atoms with E-state index in [2.05, 4.69) is 16.9 Å². The molecule has 64 valence electrons. The Labute approximate surface area is 77.5 Å². The van der Waals surface area contributed by atoms with Crippen molar-refractivity contribution in [1.82, 2.24) is 9.78 Å². The van der Waals surface area contributed by atoms with E-state index in [-0.39, 0.29) is 0 Å². The van der Waals surface area contributed by atoms with E-state index in [1.165, 1.54) is 0 Å². The normalized spacial score (nSPS) is 9.25. The Balaban J connectivity index is 2.61. The molecule has 0 spiro atoms. The van der Waals surface area contributed by atoms with Crippen LogP contribution >= 0.6 is 11.6 Å². The Morgan fingerprint density at radius 3 is 2.92 bits per heavy atom. The lowest BCUT2D eigenvalue weighted by Crippen LogP contribution is -2.01. The van der Waals surface area contributed by atoms with Crippen LogP contribution in [0, 0.1) is 18.8 Å². The first-order chi connectivity index (χ1) is 5.75. The molecular formula is C9H11ClN2. The van der Waals surface area contributed by atoms with E-state index >= 15 is 0 Å². The lowest BCUT2D eigenvalue weighted by molar-refractivity contribution is 0.612. The van der Waals surface area contributed by atoms with Gasteiger partial charge in [-0.05, 0) is 13.8 Å². The number of hydrogen-bond donors (Lipinski definition) is 0. The Hall–Kier alpha value is -0.940. The molecule has 0 radical (unpaired) electrons. The minimum Gasteiger partial charge on any atom is -0.267 e. The summed E-state index contributed by atoms with van der Waals surface area (Å²) in [5.41, 5.74) is 1.01. The molecule has 1 rings (SSSR count). The summed E-state index contributed by atoms with van der Waals surface area (Å²) in [7, 11) is 0. The van der Waals surface area contributed by atoms with Crippen LogP contribution < -0.4 is 0 Å². The molecule has 0 unspecified atom stereocenters. The zero-order valence-electron chi connectivity index (χ0n) is 7.26. The predicted octanol–water partition coefficient (Wildman–Crippen LogP) is 2.26. The summed E-state index contributed by atoms with van der Waals surface area (Å²) in [5, 5.41) is 4.83. The third-order valence-electron chi connectivity index (χ3n) is 1.67. The molecule has 0 fully saturated rings. The number of aryl methyl sites for hydroxylation is 1. The number of nitrogens with zero attached hydrogens (tertiary/aromatic N) is 2. The Kier molecular flexibility index (Phi) is 3.19.